The second kappa shape index (κ2) is 10.3. The Labute approximate surface area is 189 Å². The van der Waals surface area contributed by atoms with Crippen molar-refractivity contribution in [3.8, 4) is 0 Å². The van der Waals surface area contributed by atoms with E-state index < -0.39 is 10.8 Å². The molecular formula is C19H18BrCl2N3OS2. The van der Waals surface area contributed by atoms with E-state index in [2.05, 4.69) is 38.3 Å². The predicted octanol–water partition coefficient (Wildman–Crippen LogP) is 6.11. The average Bonchev–Trinajstić information content (AvgIpc) is 3.05. The van der Waals surface area contributed by atoms with Crippen LogP contribution in [0.15, 0.2) is 52.1 Å². The van der Waals surface area contributed by atoms with Crippen molar-refractivity contribution in [2.24, 2.45) is 0 Å². The van der Waals surface area contributed by atoms with Gasteiger partial charge in [-0.15, -0.1) is 10.2 Å². The zero-order valence-electron chi connectivity index (χ0n) is 15.1. The normalized spacial score (nSPS) is 12.3. The molecule has 28 heavy (non-hydrogen) atoms. The van der Waals surface area contributed by atoms with E-state index >= 15 is 0 Å². The third kappa shape index (κ3) is 5.83. The third-order valence-corrected chi connectivity index (χ3v) is 7.38. The molecule has 1 atom stereocenters. The van der Waals surface area contributed by atoms with Crippen LogP contribution in [0.4, 0.5) is 0 Å². The van der Waals surface area contributed by atoms with Gasteiger partial charge in [0.05, 0.1) is 11.5 Å². The number of hydrogen-bond donors (Lipinski definition) is 0. The van der Waals surface area contributed by atoms with Crippen LogP contribution in [-0.4, -0.2) is 19.0 Å². The summed E-state index contributed by atoms with van der Waals surface area (Å²) in [6, 6.07) is 13.4. The molecule has 9 heteroatoms. The predicted molar refractivity (Wildman–Crippen MR) is 121 cm³/mol. The van der Waals surface area contributed by atoms with Crippen molar-refractivity contribution in [2.75, 3.05) is 0 Å². The van der Waals surface area contributed by atoms with E-state index in [0.29, 0.717) is 21.6 Å². The lowest BCUT2D eigenvalue weighted by atomic mass is 10.2. The van der Waals surface area contributed by atoms with Gasteiger partial charge in [-0.25, -0.2) is 0 Å². The zero-order chi connectivity index (χ0) is 20.1. The first-order valence-electron chi connectivity index (χ1n) is 8.54. The maximum atomic E-state index is 12.6. The smallest absolute Gasteiger partial charge is 0.191 e. The summed E-state index contributed by atoms with van der Waals surface area (Å²) >= 11 is 17.2. The molecule has 0 bridgehead atoms. The van der Waals surface area contributed by atoms with E-state index in [1.807, 2.05) is 29.7 Å². The highest BCUT2D eigenvalue weighted by molar-refractivity contribution is 9.10. The van der Waals surface area contributed by atoms with Crippen LogP contribution in [0.25, 0.3) is 0 Å². The number of thioether (sulfide) groups is 1. The molecule has 1 heterocycles. The van der Waals surface area contributed by atoms with Gasteiger partial charge >= 0.3 is 0 Å². The fourth-order valence-electron chi connectivity index (χ4n) is 2.59. The van der Waals surface area contributed by atoms with Crippen molar-refractivity contribution in [3.05, 3.63) is 73.9 Å². The number of rotatable bonds is 8. The number of hydrogen-bond acceptors (Lipinski definition) is 4. The second-order valence-electron chi connectivity index (χ2n) is 6.02. The van der Waals surface area contributed by atoms with E-state index in [9.17, 15) is 4.21 Å². The van der Waals surface area contributed by atoms with Crippen molar-refractivity contribution in [1.29, 1.82) is 0 Å². The molecule has 1 aromatic heterocycles. The minimum absolute atomic E-state index is 0.332. The van der Waals surface area contributed by atoms with Gasteiger partial charge in [-0.05, 0) is 42.3 Å². The Kier molecular flexibility index (Phi) is 8.00. The Bertz CT molecular complexity index is 980. The van der Waals surface area contributed by atoms with Crippen molar-refractivity contribution in [3.63, 3.8) is 0 Å². The SMILES string of the molecule is CCn1c(CS(=O)Cc2ccc(Cl)cc2Cl)nnc1SCc1ccc(Br)cc1. The lowest BCUT2D eigenvalue weighted by Gasteiger charge is -2.08. The minimum atomic E-state index is -1.15. The number of nitrogens with zero attached hydrogens (tertiary/aromatic N) is 3. The molecule has 0 saturated heterocycles. The van der Waals surface area contributed by atoms with Crippen LogP contribution in [-0.2, 0) is 34.6 Å². The molecule has 3 rings (SSSR count). The van der Waals surface area contributed by atoms with E-state index in [4.69, 9.17) is 23.2 Å². The van der Waals surface area contributed by atoms with Gasteiger partial charge in [-0.1, -0.05) is 69.1 Å². The molecule has 2 aromatic carbocycles. The Morgan fingerprint density at radius 3 is 2.54 bits per heavy atom. The van der Waals surface area contributed by atoms with E-state index in [1.165, 1.54) is 5.56 Å². The average molecular weight is 519 g/mol. The molecule has 3 aromatic rings. The van der Waals surface area contributed by atoms with Gasteiger partial charge in [-0.2, -0.15) is 0 Å². The molecule has 0 aliphatic rings. The first-order valence-corrected chi connectivity index (χ1v) is 12.6. The largest absolute Gasteiger partial charge is 0.306 e. The Morgan fingerprint density at radius 1 is 1.11 bits per heavy atom. The van der Waals surface area contributed by atoms with Crippen LogP contribution in [0.3, 0.4) is 0 Å². The molecule has 148 valence electrons. The van der Waals surface area contributed by atoms with Gasteiger partial charge in [0.2, 0.25) is 0 Å². The van der Waals surface area contributed by atoms with Crippen molar-refractivity contribution < 1.29 is 4.21 Å². The topological polar surface area (TPSA) is 47.8 Å². The highest BCUT2D eigenvalue weighted by atomic mass is 79.9. The van der Waals surface area contributed by atoms with Gasteiger partial charge in [0.15, 0.2) is 5.16 Å². The standard InChI is InChI=1S/C19H18BrCl2N3OS2/c1-2-25-18(12-28(26)11-14-5-8-16(21)9-17(14)22)23-24-19(25)27-10-13-3-6-15(20)7-4-13/h3-9H,2,10-12H2,1H3. The van der Waals surface area contributed by atoms with E-state index in [0.717, 1.165) is 33.3 Å². The zero-order valence-corrected chi connectivity index (χ0v) is 19.8. The summed E-state index contributed by atoms with van der Waals surface area (Å²) in [5.74, 6) is 2.21. The highest BCUT2D eigenvalue weighted by Crippen LogP contribution is 2.25. The van der Waals surface area contributed by atoms with Crippen LogP contribution >= 0.6 is 50.9 Å². The third-order valence-electron chi connectivity index (χ3n) is 4.01. The summed E-state index contributed by atoms with van der Waals surface area (Å²) in [6.07, 6.45) is 0. The minimum Gasteiger partial charge on any atom is -0.306 e. The van der Waals surface area contributed by atoms with Crippen molar-refractivity contribution in [1.82, 2.24) is 14.8 Å². The van der Waals surface area contributed by atoms with Crippen LogP contribution < -0.4 is 0 Å². The van der Waals surface area contributed by atoms with Gasteiger partial charge < -0.3 is 4.57 Å². The fraction of sp³-hybridized carbons (Fsp3) is 0.263. The highest BCUT2D eigenvalue weighted by Gasteiger charge is 2.15. The monoisotopic (exact) mass is 517 g/mol. The summed E-state index contributed by atoms with van der Waals surface area (Å²) in [5.41, 5.74) is 2.03. The van der Waals surface area contributed by atoms with Crippen LogP contribution in [0.1, 0.15) is 23.9 Å². The molecule has 0 radical (unpaired) electrons. The molecule has 0 saturated carbocycles. The van der Waals surface area contributed by atoms with Crippen molar-refractivity contribution >= 4 is 61.7 Å². The van der Waals surface area contributed by atoms with Crippen LogP contribution in [0, 0.1) is 0 Å². The summed E-state index contributed by atoms with van der Waals surface area (Å²) in [5, 5.41) is 10.5. The lowest BCUT2D eigenvalue weighted by Crippen LogP contribution is -2.08. The van der Waals surface area contributed by atoms with Gasteiger partial charge in [0.1, 0.15) is 5.82 Å². The molecule has 0 fully saturated rings. The van der Waals surface area contributed by atoms with Crippen LogP contribution in [0.2, 0.25) is 10.0 Å². The molecule has 0 spiro atoms. The molecule has 0 amide bonds. The lowest BCUT2D eigenvalue weighted by molar-refractivity contribution is 0.650. The van der Waals surface area contributed by atoms with E-state index in [1.54, 1.807) is 23.9 Å². The first kappa shape index (κ1) is 21.8. The molecule has 0 aliphatic carbocycles. The Morgan fingerprint density at radius 2 is 1.86 bits per heavy atom. The fourth-order valence-corrected chi connectivity index (χ4v) is 5.58. The first-order chi connectivity index (χ1) is 13.5. The second-order valence-corrected chi connectivity index (χ2v) is 10.2. The molecule has 0 N–H and O–H groups in total. The molecule has 4 nitrogen and oxygen atoms in total. The maximum Gasteiger partial charge on any atom is 0.191 e. The summed E-state index contributed by atoms with van der Waals surface area (Å²) in [4.78, 5) is 0. The van der Waals surface area contributed by atoms with Crippen LogP contribution in [0.5, 0.6) is 0 Å². The summed E-state index contributed by atoms with van der Waals surface area (Å²) in [7, 11) is -1.15. The van der Waals surface area contributed by atoms with Gasteiger partial charge in [-0.3, -0.25) is 4.21 Å². The summed E-state index contributed by atoms with van der Waals surface area (Å²) < 4.78 is 15.7. The van der Waals surface area contributed by atoms with Gasteiger partial charge in [0.25, 0.3) is 0 Å². The number of benzene rings is 2. The summed E-state index contributed by atoms with van der Waals surface area (Å²) in [6.45, 7) is 2.76. The molecule has 0 aliphatic heterocycles. The Balaban J connectivity index is 1.65. The molecule has 1 unspecified atom stereocenters. The van der Waals surface area contributed by atoms with Crippen molar-refractivity contribution in [2.45, 2.75) is 35.9 Å². The number of halogens is 3. The number of aromatic nitrogens is 3. The quantitative estimate of drug-likeness (QED) is 0.337. The molecular weight excluding hydrogens is 501 g/mol. The van der Waals surface area contributed by atoms with Gasteiger partial charge in [0, 0.05) is 37.6 Å². The maximum absolute atomic E-state index is 12.6. The van der Waals surface area contributed by atoms with E-state index in [-0.39, 0.29) is 0 Å². The Hall–Kier alpha value is -0.860.